The number of carbonyl (C=O) groups excluding carboxylic acids is 1. The highest BCUT2D eigenvalue weighted by molar-refractivity contribution is 5.94. The van der Waals surface area contributed by atoms with Gasteiger partial charge in [0.1, 0.15) is 0 Å². The average molecular weight is 265 g/mol. The van der Waals surface area contributed by atoms with Gasteiger partial charge in [-0.2, -0.15) is 0 Å². The number of aliphatic hydroxyl groups excluding tert-OH is 1. The van der Waals surface area contributed by atoms with Crippen LogP contribution in [0.15, 0.2) is 23.1 Å². The predicted molar refractivity (Wildman–Crippen MR) is 71.1 cm³/mol. The van der Waals surface area contributed by atoms with Gasteiger partial charge in [-0.15, -0.1) is 0 Å². The van der Waals surface area contributed by atoms with E-state index >= 15 is 0 Å². The lowest BCUT2D eigenvalue weighted by Gasteiger charge is -2.34. The van der Waals surface area contributed by atoms with Crippen LogP contribution in [0.5, 0.6) is 0 Å². The fourth-order valence-electron chi connectivity index (χ4n) is 2.18. The van der Waals surface area contributed by atoms with Gasteiger partial charge in [-0.25, -0.2) is 0 Å². The van der Waals surface area contributed by atoms with E-state index in [1.54, 1.807) is 24.2 Å². The van der Waals surface area contributed by atoms with Gasteiger partial charge in [0.25, 0.3) is 11.5 Å². The van der Waals surface area contributed by atoms with Gasteiger partial charge >= 0.3 is 0 Å². The molecule has 1 amide bonds. The number of carbonyl (C=O) groups is 1. The number of β-amino-alcohol motifs (C(OH)–C–C–N with tert-alkyl or cyclic N) is 1. The molecular formula is C13H19N3O3. The molecule has 2 heterocycles. The summed E-state index contributed by atoms with van der Waals surface area (Å²) in [5, 5.41) is 8.87. The highest BCUT2D eigenvalue weighted by atomic mass is 16.3. The van der Waals surface area contributed by atoms with Gasteiger partial charge in [0.15, 0.2) is 0 Å². The molecule has 1 aliphatic heterocycles. The summed E-state index contributed by atoms with van der Waals surface area (Å²) in [6.07, 6.45) is 1.61. The first-order chi connectivity index (χ1) is 9.11. The Morgan fingerprint density at radius 3 is 2.58 bits per heavy atom. The van der Waals surface area contributed by atoms with Crippen molar-refractivity contribution in [2.24, 2.45) is 7.05 Å². The van der Waals surface area contributed by atoms with Crippen LogP contribution in [0.4, 0.5) is 0 Å². The molecule has 0 spiro atoms. The zero-order valence-corrected chi connectivity index (χ0v) is 11.1. The minimum atomic E-state index is -0.176. The van der Waals surface area contributed by atoms with E-state index in [0.29, 0.717) is 25.2 Å². The maximum Gasteiger partial charge on any atom is 0.254 e. The molecule has 1 fully saturated rings. The number of nitrogens with zero attached hydrogens (tertiary/aromatic N) is 3. The van der Waals surface area contributed by atoms with E-state index in [4.69, 9.17) is 5.11 Å². The molecule has 6 heteroatoms. The topological polar surface area (TPSA) is 65.8 Å². The van der Waals surface area contributed by atoms with Crippen LogP contribution in [0.2, 0.25) is 0 Å². The highest BCUT2D eigenvalue weighted by Gasteiger charge is 2.21. The van der Waals surface area contributed by atoms with Crippen LogP contribution < -0.4 is 5.56 Å². The van der Waals surface area contributed by atoms with Gasteiger partial charge in [-0.3, -0.25) is 14.5 Å². The molecular weight excluding hydrogens is 246 g/mol. The van der Waals surface area contributed by atoms with Crippen molar-refractivity contribution in [1.82, 2.24) is 14.4 Å². The Kier molecular flexibility index (Phi) is 4.34. The zero-order valence-electron chi connectivity index (χ0n) is 11.1. The molecule has 0 aromatic carbocycles. The molecule has 1 saturated heterocycles. The minimum Gasteiger partial charge on any atom is -0.395 e. The number of aromatic nitrogens is 1. The molecule has 0 unspecified atom stereocenters. The summed E-state index contributed by atoms with van der Waals surface area (Å²) >= 11 is 0. The molecule has 104 valence electrons. The van der Waals surface area contributed by atoms with Crippen molar-refractivity contribution < 1.29 is 9.90 Å². The van der Waals surface area contributed by atoms with Gasteiger partial charge in [-0.05, 0) is 6.07 Å². The fraction of sp³-hybridized carbons (Fsp3) is 0.538. The summed E-state index contributed by atoms with van der Waals surface area (Å²) < 4.78 is 1.44. The molecule has 0 bridgehead atoms. The average Bonchev–Trinajstić information content (AvgIpc) is 2.42. The van der Waals surface area contributed by atoms with Crippen molar-refractivity contribution in [2.45, 2.75) is 0 Å². The van der Waals surface area contributed by atoms with E-state index in [0.717, 1.165) is 13.1 Å². The Morgan fingerprint density at radius 1 is 1.32 bits per heavy atom. The Morgan fingerprint density at radius 2 is 2.00 bits per heavy atom. The summed E-state index contributed by atoms with van der Waals surface area (Å²) in [4.78, 5) is 27.6. The number of hydrogen-bond donors (Lipinski definition) is 1. The Balaban J connectivity index is 2.01. The van der Waals surface area contributed by atoms with Crippen LogP contribution in [0.3, 0.4) is 0 Å². The number of hydrogen-bond acceptors (Lipinski definition) is 4. The van der Waals surface area contributed by atoms with Gasteiger partial charge in [0.2, 0.25) is 0 Å². The molecule has 6 nitrogen and oxygen atoms in total. The number of pyridine rings is 1. The number of rotatable bonds is 3. The van der Waals surface area contributed by atoms with Crippen LogP contribution in [-0.2, 0) is 7.05 Å². The SMILES string of the molecule is Cn1ccc(C(=O)N2CCN(CCO)CC2)cc1=O. The van der Waals surface area contributed by atoms with Gasteiger partial charge < -0.3 is 14.6 Å². The monoisotopic (exact) mass is 265 g/mol. The number of amides is 1. The van der Waals surface area contributed by atoms with Crippen LogP contribution in [0.25, 0.3) is 0 Å². The second kappa shape index (κ2) is 5.99. The van der Waals surface area contributed by atoms with Crippen molar-refractivity contribution in [2.75, 3.05) is 39.3 Å². The third-order valence-corrected chi connectivity index (χ3v) is 3.43. The van der Waals surface area contributed by atoms with Crippen molar-refractivity contribution >= 4 is 5.91 Å². The molecule has 1 aliphatic rings. The van der Waals surface area contributed by atoms with Gasteiger partial charge in [-0.1, -0.05) is 0 Å². The number of aryl methyl sites for hydroxylation is 1. The molecule has 1 aromatic heterocycles. The van der Waals surface area contributed by atoms with E-state index in [1.807, 2.05) is 0 Å². The summed E-state index contributed by atoms with van der Waals surface area (Å²) in [7, 11) is 1.66. The summed E-state index contributed by atoms with van der Waals surface area (Å²) in [6, 6.07) is 3.05. The lowest BCUT2D eigenvalue weighted by Crippen LogP contribution is -2.49. The first kappa shape index (κ1) is 13.8. The quantitative estimate of drug-likeness (QED) is 0.772. The lowest BCUT2D eigenvalue weighted by molar-refractivity contribution is 0.0614. The summed E-state index contributed by atoms with van der Waals surface area (Å²) in [5.41, 5.74) is 0.267. The maximum absolute atomic E-state index is 12.2. The number of aliphatic hydroxyl groups is 1. The van der Waals surface area contributed by atoms with Crippen LogP contribution in [0, 0.1) is 0 Å². The van der Waals surface area contributed by atoms with E-state index in [1.165, 1.54) is 10.6 Å². The largest absolute Gasteiger partial charge is 0.395 e. The summed E-state index contributed by atoms with van der Waals surface area (Å²) in [6.45, 7) is 3.58. The maximum atomic E-state index is 12.2. The predicted octanol–water partition coefficient (Wildman–Crippen LogP) is -0.865. The smallest absolute Gasteiger partial charge is 0.254 e. The first-order valence-electron chi connectivity index (χ1n) is 6.41. The first-order valence-corrected chi connectivity index (χ1v) is 6.41. The van der Waals surface area contributed by atoms with E-state index < -0.39 is 0 Å². The van der Waals surface area contributed by atoms with Crippen LogP contribution in [0.1, 0.15) is 10.4 Å². The Hall–Kier alpha value is -1.66. The molecule has 0 radical (unpaired) electrons. The second-order valence-corrected chi connectivity index (χ2v) is 4.72. The molecule has 19 heavy (non-hydrogen) atoms. The van der Waals surface area contributed by atoms with Crippen LogP contribution >= 0.6 is 0 Å². The van der Waals surface area contributed by atoms with Gasteiger partial charge in [0, 0.05) is 57.6 Å². The van der Waals surface area contributed by atoms with Crippen molar-refractivity contribution in [1.29, 1.82) is 0 Å². The molecule has 0 atom stereocenters. The molecule has 0 saturated carbocycles. The molecule has 1 aromatic rings. The molecule has 1 N–H and O–H groups in total. The normalized spacial score (nSPS) is 16.6. The van der Waals surface area contributed by atoms with E-state index in [9.17, 15) is 9.59 Å². The third-order valence-electron chi connectivity index (χ3n) is 3.43. The number of piperazine rings is 1. The fourth-order valence-corrected chi connectivity index (χ4v) is 2.18. The Bertz CT molecular complexity index is 504. The lowest BCUT2D eigenvalue weighted by atomic mass is 10.2. The van der Waals surface area contributed by atoms with Crippen molar-refractivity contribution in [3.05, 3.63) is 34.2 Å². The third kappa shape index (κ3) is 3.21. The highest BCUT2D eigenvalue weighted by Crippen LogP contribution is 2.07. The van der Waals surface area contributed by atoms with Crippen LogP contribution in [-0.4, -0.2) is 64.7 Å². The standard InChI is InChI=1S/C13H19N3O3/c1-14-3-2-11(10-12(14)18)13(19)16-6-4-15(5-7-16)8-9-17/h2-3,10,17H,4-9H2,1H3. The van der Waals surface area contributed by atoms with Crippen molar-refractivity contribution in [3.63, 3.8) is 0 Å². The van der Waals surface area contributed by atoms with Crippen molar-refractivity contribution in [3.8, 4) is 0 Å². The minimum absolute atomic E-state index is 0.0960. The summed E-state index contributed by atoms with van der Waals surface area (Å²) in [5.74, 6) is -0.0960. The van der Waals surface area contributed by atoms with Gasteiger partial charge in [0.05, 0.1) is 6.61 Å². The Labute approximate surface area is 111 Å². The molecule has 2 rings (SSSR count). The van der Waals surface area contributed by atoms with E-state index in [2.05, 4.69) is 4.90 Å². The van der Waals surface area contributed by atoms with E-state index in [-0.39, 0.29) is 18.1 Å². The second-order valence-electron chi connectivity index (χ2n) is 4.72. The molecule has 0 aliphatic carbocycles. The zero-order chi connectivity index (χ0) is 13.8.